The number of nitrogens with zero attached hydrogens (tertiary/aromatic N) is 1. The fourth-order valence-electron chi connectivity index (χ4n) is 4.22. The lowest BCUT2D eigenvalue weighted by molar-refractivity contribution is 0.0446. The van der Waals surface area contributed by atoms with Crippen molar-refractivity contribution >= 4 is 5.97 Å². The number of hydrogen-bond acceptors (Lipinski definition) is 7. The van der Waals surface area contributed by atoms with Gasteiger partial charge in [-0.15, -0.1) is 0 Å². The number of carbonyl (C=O) groups is 1. The van der Waals surface area contributed by atoms with Gasteiger partial charge in [0.25, 0.3) is 5.56 Å². The minimum atomic E-state index is -1.17. The van der Waals surface area contributed by atoms with Crippen LogP contribution in [0.15, 0.2) is 33.4 Å². The molecule has 164 valence electrons. The van der Waals surface area contributed by atoms with Crippen LogP contribution in [0.4, 0.5) is 0 Å². The Balaban J connectivity index is 1.76. The maximum atomic E-state index is 12.6. The number of benzene rings is 1. The van der Waals surface area contributed by atoms with E-state index in [4.69, 9.17) is 14.2 Å². The molecule has 0 spiro atoms. The number of allylic oxidation sites excluding steroid dienone is 2. The van der Waals surface area contributed by atoms with E-state index in [2.05, 4.69) is 11.1 Å². The van der Waals surface area contributed by atoms with Crippen LogP contribution in [0, 0.1) is 0 Å². The molecule has 2 aromatic rings. The quantitative estimate of drug-likeness (QED) is 0.535. The fourth-order valence-corrected chi connectivity index (χ4v) is 4.22. The number of nitrogens with one attached hydrogen (secondary N) is 1. The van der Waals surface area contributed by atoms with E-state index in [0.717, 1.165) is 30.3 Å². The number of methoxy groups -OCH3 is 2. The van der Waals surface area contributed by atoms with Gasteiger partial charge in [0.05, 0.1) is 14.2 Å². The van der Waals surface area contributed by atoms with E-state index in [1.807, 2.05) is 0 Å². The highest BCUT2D eigenvalue weighted by molar-refractivity contribution is 5.98. The van der Waals surface area contributed by atoms with Gasteiger partial charge in [-0.2, -0.15) is 0 Å². The standard InChI is InChI=1S/C22H24N2O7/c1-29-14-9-8-13-15(18(14)30-2)21(27)31-17(13)16-19(25)23-22(28)24(20(16)26)11-10-12-6-4-3-5-7-12/h6,8-9,17,26H,3-5,7,10-11H2,1-2H3,(H,23,25,28). The van der Waals surface area contributed by atoms with Crippen LogP contribution in [0.1, 0.15) is 59.7 Å². The molecule has 0 amide bonds. The number of aromatic hydroxyl groups is 1. The largest absolute Gasteiger partial charge is 0.494 e. The van der Waals surface area contributed by atoms with Gasteiger partial charge in [0.2, 0.25) is 5.88 Å². The van der Waals surface area contributed by atoms with Gasteiger partial charge in [-0.3, -0.25) is 14.3 Å². The van der Waals surface area contributed by atoms with Crippen LogP contribution in [-0.4, -0.2) is 34.8 Å². The van der Waals surface area contributed by atoms with Crippen molar-refractivity contribution in [2.45, 2.75) is 44.8 Å². The van der Waals surface area contributed by atoms with Crippen molar-refractivity contribution in [3.05, 3.63) is 61.3 Å². The topological polar surface area (TPSA) is 120 Å². The van der Waals surface area contributed by atoms with Crippen molar-refractivity contribution in [2.24, 2.45) is 0 Å². The lowest BCUT2D eigenvalue weighted by Gasteiger charge is -2.17. The monoisotopic (exact) mass is 428 g/mol. The molecule has 9 heteroatoms. The second-order valence-electron chi connectivity index (χ2n) is 7.56. The first kappa shape index (κ1) is 20.8. The Hall–Kier alpha value is -3.49. The van der Waals surface area contributed by atoms with Gasteiger partial charge in [-0.05, 0) is 38.2 Å². The first-order chi connectivity index (χ1) is 15.0. The lowest BCUT2D eigenvalue weighted by Crippen LogP contribution is -2.33. The summed E-state index contributed by atoms with van der Waals surface area (Å²) in [4.78, 5) is 39.8. The molecule has 1 aliphatic carbocycles. The summed E-state index contributed by atoms with van der Waals surface area (Å²) in [7, 11) is 2.83. The zero-order valence-corrected chi connectivity index (χ0v) is 17.4. The SMILES string of the molecule is COc1ccc2c(c1OC)C(=O)OC2c1c(O)n(CCC2=CCCCC2)c(=O)[nH]c1=O. The Labute approximate surface area is 177 Å². The molecule has 2 N–H and O–H groups in total. The number of fused-ring (bicyclic) bond motifs is 1. The van der Waals surface area contributed by atoms with E-state index in [1.165, 1.54) is 19.8 Å². The number of H-pyrrole nitrogens is 1. The van der Waals surface area contributed by atoms with E-state index < -0.39 is 29.2 Å². The molecule has 31 heavy (non-hydrogen) atoms. The Morgan fingerprint density at radius 3 is 2.68 bits per heavy atom. The number of hydrogen-bond donors (Lipinski definition) is 2. The Morgan fingerprint density at radius 1 is 1.19 bits per heavy atom. The van der Waals surface area contributed by atoms with Gasteiger partial charge in [0.1, 0.15) is 11.1 Å². The fraction of sp³-hybridized carbons (Fsp3) is 0.409. The molecular formula is C22H24N2O7. The second-order valence-corrected chi connectivity index (χ2v) is 7.56. The van der Waals surface area contributed by atoms with E-state index >= 15 is 0 Å². The third kappa shape index (κ3) is 3.60. The van der Waals surface area contributed by atoms with Crippen molar-refractivity contribution in [1.29, 1.82) is 0 Å². The van der Waals surface area contributed by atoms with Gasteiger partial charge >= 0.3 is 11.7 Å². The summed E-state index contributed by atoms with van der Waals surface area (Å²) in [6.45, 7) is 0.208. The number of cyclic esters (lactones) is 1. The molecule has 9 nitrogen and oxygen atoms in total. The third-order valence-corrected chi connectivity index (χ3v) is 5.80. The van der Waals surface area contributed by atoms with Crippen molar-refractivity contribution < 1.29 is 24.1 Å². The molecule has 0 radical (unpaired) electrons. The van der Waals surface area contributed by atoms with Crippen LogP contribution < -0.4 is 20.7 Å². The van der Waals surface area contributed by atoms with Gasteiger partial charge in [-0.1, -0.05) is 17.7 Å². The lowest BCUT2D eigenvalue weighted by atomic mass is 9.97. The molecule has 1 unspecified atom stereocenters. The summed E-state index contributed by atoms with van der Waals surface area (Å²) >= 11 is 0. The Bertz CT molecular complexity index is 1180. The predicted molar refractivity (Wildman–Crippen MR) is 111 cm³/mol. The van der Waals surface area contributed by atoms with Crippen molar-refractivity contribution in [2.75, 3.05) is 14.2 Å². The Morgan fingerprint density at radius 2 is 2.00 bits per heavy atom. The molecule has 1 aromatic heterocycles. The molecule has 0 fully saturated rings. The van der Waals surface area contributed by atoms with Gasteiger partial charge in [0, 0.05) is 12.1 Å². The molecule has 0 saturated heterocycles. The molecule has 2 heterocycles. The zero-order chi connectivity index (χ0) is 22.1. The van der Waals surface area contributed by atoms with E-state index in [1.54, 1.807) is 12.1 Å². The van der Waals surface area contributed by atoms with Gasteiger partial charge < -0.3 is 19.3 Å². The number of rotatable bonds is 6. The minimum absolute atomic E-state index is 0.121. The highest BCUT2D eigenvalue weighted by Gasteiger charge is 2.40. The summed E-state index contributed by atoms with van der Waals surface area (Å²) in [5.41, 5.74) is -0.0219. The minimum Gasteiger partial charge on any atom is -0.494 e. The van der Waals surface area contributed by atoms with Crippen LogP contribution in [0.5, 0.6) is 17.4 Å². The molecule has 1 atom stereocenters. The molecular weight excluding hydrogens is 404 g/mol. The molecule has 1 aromatic carbocycles. The van der Waals surface area contributed by atoms with E-state index in [9.17, 15) is 19.5 Å². The van der Waals surface area contributed by atoms with Gasteiger partial charge in [-0.25, -0.2) is 9.59 Å². The number of aromatic nitrogens is 2. The maximum Gasteiger partial charge on any atom is 0.343 e. The van der Waals surface area contributed by atoms with E-state index in [0.29, 0.717) is 17.7 Å². The van der Waals surface area contributed by atoms with Crippen molar-refractivity contribution in [1.82, 2.24) is 9.55 Å². The average Bonchev–Trinajstić information content (AvgIpc) is 3.09. The molecule has 2 aliphatic rings. The average molecular weight is 428 g/mol. The number of aromatic amines is 1. The second kappa shape index (κ2) is 8.33. The first-order valence-corrected chi connectivity index (χ1v) is 10.2. The number of esters is 1. The Kier molecular flexibility index (Phi) is 5.58. The molecule has 0 saturated carbocycles. The smallest absolute Gasteiger partial charge is 0.343 e. The summed E-state index contributed by atoms with van der Waals surface area (Å²) in [6, 6.07) is 3.16. The zero-order valence-electron chi connectivity index (χ0n) is 17.4. The number of ether oxygens (including phenoxy) is 3. The summed E-state index contributed by atoms with van der Waals surface area (Å²) in [5.74, 6) is -0.700. The summed E-state index contributed by atoms with van der Waals surface area (Å²) < 4.78 is 17.1. The predicted octanol–water partition coefficient (Wildman–Crippen LogP) is 2.41. The number of carbonyl (C=O) groups excluding carboxylic acids is 1. The van der Waals surface area contributed by atoms with Crippen LogP contribution >= 0.6 is 0 Å². The highest BCUT2D eigenvalue weighted by atomic mass is 16.6. The van der Waals surface area contributed by atoms with Crippen LogP contribution in [0.25, 0.3) is 0 Å². The third-order valence-electron chi connectivity index (χ3n) is 5.80. The highest BCUT2D eigenvalue weighted by Crippen LogP contribution is 2.44. The van der Waals surface area contributed by atoms with Crippen LogP contribution in [0.2, 0.25) is 0 Å². The molecule has 4 rings (SSSR count). The van der Waals surface area contributed by atoms with Crippen molar-refractivity contribution in [3.8, 4) is 17.4 Å². The van der Waals surface area contributed by atoms with Crippen molar-refractivity contribution in [3.63, 3.8) is 0 Å². The first-order valence-electron chi connectivity index (χ1n) is 10.2. The summed E-state index contributed by atoms with van der Waals surface area (Å²) in [5, 5.41) is 10.9. The normalized spacial score (nSPS) is 17.7. The van der Waals surface area contributed by atoms with Crippen LogP contribution in [-0.2, 0) is 11.3 Å². The van der Waals surface area contributed by atoms with Crippen LogP contribution in [0.3, 0.4) is 0 Å². The van der Waals surface area contributed by atoms with E-state index in [-0.39, 0.29) is 23.4 Å². The molecule has 0 bridgehead atoms. The molecule has 1 aliphatic heterocycles. The maximum absolute atomic E-state index is 12.6. The summed E-state index contributed by atoms with van der Waals surface area (Å²) in [6.07, 6.45) is 5.79. The van der Waals surface area contributed by atoms with Gasteiger partial charge in [0.15, 0.2) is 17.6 Å².